The van der Waals surface area contributed by atoms with E-state index in [4.69, 9.17) is 4.98 Å². The highest BCUT2D eigenvalue weighted by atomic mass is 32.1. The van der Waals surface area contributed by atoms with E-state index >= 15 is 0 Å². The first-order valence-corrected chi connectivity index (χ1v) is 7.44. The number of aromatic nitrogens is 1. The summed E-state index contributed by atoms with van der Waals surface area (Å²) in [6, 6.07) is 10.7. The van der Waals surface area contributed by atoms with Gasteiger partial charge in [0.1, 0.15) is 0 Å². The molecule has 2 aromatic rings. The van der Waals surface area contributed by atoms with Gasteiger partial charge in [0.05, 0.1) is 5.69 Å². The second kappa shape index (κ2) is 6.17. The zero-order valence-corrected chi connectivity index (χ0v) is 12.8. The highest BCUT2D eigenvalue weighted by Crippen LogP contribution is 2.33. The van der Waals surface area contributed by atoms with Crippen molar-refractivity contribution in [2.45, 2.75) is 26.8 Å². The summed E-state index contributed by atoms with van der Waals surface area (Å²) in [4.78, 5) is 8.15. The number of hydrogen-bond acceptors (Lipinski definition) is 4. The van der Waals surface area contributed by atoms with Crippen molar-refractivity contribution in [2.75, 3.05) is 18.5 Å². The Morgan fingerprint density at radius 2 is 2.00 bits per heavy atom. The minimum atomic E-state index is 0.362. The molecule has 0 saturated carbocycles. The van der Waals surface area contributed by atoms with Gasteiger partial charge in [0.25, 0.3) is 0 Å². The summed E-state index contributed by atoms with van der Waals surface area (Å²) in [5.41, 5.74) is 2.29. The third-order valence-electron chi connectivity index (χ3n) is 3.16. The van der Waals surface area contributed by atoms with Gasteiger partial charge in [-0.1, -0.05) is 36.5 Å². The number of anilines is 2. The third kappa shape index (κ3) is 3.14. The molecule has 102 valence electrons. The molecule has 1 aromatic heterocycles. The van der Waals surface area contributed by atoms with Crippen LogP contribution in [0.2, 0.25) is 0 Å². The molecule has 4 heteroatoms. The van der Waals surface area contributed by atoms with Gasteiger partial charge >= 0.3 is 0 Å². The van der Waals surface area contributed by atoms with Crippen LogP contribution in [-0.4, -0.2) is 18.6 Å². The molecule has 0 fully saturated rings. The Labute approximate surface area is 119 Å². The van der Waals surface area contributed by atoms with Crippen LogP contribution in [0.1, 0.15) is 30.5 Å². The van der Waals surface area contributed by atoms with Gasteiger partial charge in [-0.25, -0.2) is 4.98 Å². The van der Waals surface area contributed by atoms with Crippen LogP contribution in [0.25, 0.3) is 0 Å². The largest absolute Gasteiger partial charge is 0.321 e. The SMILES string of the molecule is CCNC(C)c1sc(N(C)c2ccccc2)nc1C. The summed E-state index contributed by atoms with van der Waals surface area (Å²) >= 11 is 1.76. The molecule has 0 aliphatic heterocycles. The van der Waals surface area contributed by atoms with Crippen LogP contribution in [0.15, 0.2) is 30.3 Å². The number of para-hydroxylation sites is 1. The van der Waals surface area contributed by atoms with Gasteiger partial charge in [0, 0.05) is 23.7 Å². The highest BCUT2D eigenvalue weighted by Gasteiger charge is 2.16. The summed E-state index contributed by atoms with van der Waals surface area (Å²) in [6.07, 6.45) is 0. The minimum Gasteiger partial charge on any atom is -0.321 e. The number of hydrogen-bond donors (Lipinski definition) is 1. The van der Waals surface area contributed by atoms with Crippen LogP contribution in [0.4, 0.5) is 10.8 Å². The van der Waals surface area contributed by atoms with Gasteiger partial charge in [-0.15, -0.1) is 0 Å². The Morgan fingerprint density at radius 3 is 2.63 bits per heavy atom. The van der Waals surface area contributed by atoms with E-state index in [1.54, 1.807) is 11.3 Å². The van der Waals surface area contributed by atoms with Crippen LogP contribution < -0.4 is 10.2 Å². The summed E-state index contributed by atoms with van der Waals surface area (Å²) in [5, 5.41) is 4.49. The highest BCUT2D eigenvalue weighted by molar-refractivity contribution is 7.15. The zero-order valence-electron chi connectivity index (χ0n) is 12.0. The van der Waals surface area contributed by atoms with E-state index in [1.165, 1.54) is 10.6 Å². The molecule has 0 spiro atoms. The molecule has 2 rings (SSSR count). The molecule has 0 bridgehead atoms. The number of nitrogens with one attached hydrogen (secondary N) is 1. The van der Waals surface area contributed by atoms with Crippen molar-refractivity contribution in [3.05, 3.63) is 40.9 Å². The van der Waals surface area contributed by atoms with Crippen molar-refractivity contribution in [3.8, 4) is 0 Å². The molecule has 0 aliphatic rings. The predicted molar refractivity (Wildman–Crippen MR) is 83.4 cm³/mol. The van der Waals surface area contributed by atoms with Gasteiger partial charge in [0.2, 0.25) is 0 Å². The first-order chi connectivity index (χ1) is 9.13. The summed E-state index contributed by atoms with van der Waals surface area (Å²) in [6.45, 7) is 7.38. The lowest BCUT2D eigenvalue weighted by atomic mass is 10.2. The van der Waals surface area contributed by atoms with Crippen LogP contribution >= 0.6 is 11.3 Å². The summed E-state index contributed by atoms with van der Waals surface area (Å²) in [7, 11) is 2.06. The molecule has 0 radical (unpaired) electrons. The number of thiazole rings is 1. The molecule has 1 heterocycles. The van der Waals surface area contributed by atoms with Gasteiger partial charge in [-0.05, 0) is 32.5 Å². The van der Waals surface area contributed by atoms with Crippen molar-refractivity contribution in [3.63, 3.8) is 0 Å². The lowest BCUT2D eigenvalue weighted by Crippen LogP contribution is -2.17. The van der Waals surface area contributed by atoms with Crippen molar-refractivity contribution >= 4 is 22.2 Å². The van der Waals surface area contributed by atoms with Gasteiger partial charge in [-0.2, -0.15) is 0 Å². The van der Waals surface area contributed by atoms with E-state index in [1.807, 2.05) is 6.07 Å². The topological polar surface area (TPSA) is 28.2 Å². The smallest absolute Gasteiger partial charge is 0.190 e. The first-order valence-electron chi connectivity index (χ1n) is 6.63. The second-order valence-electron chi connectivity index (χ2n) is 4.62. The molecule has 1 unspecified atom stereocenters. The number of nitrogens with zero attached hydrogens (tertiary/aromatic N) is 2. The normalized spacial score (nSPS) is 12.4. The molecule has 3 nitrogen and oxygen atoms in total. The number of aryl methyl sites for hydroxylation is 1. The molecule has 1 atom stereocenters. The standard InChI is InChI=1S/C15H21N3S/c1-5-16-11(2)14-12(3)17-15(19-14)18(4)13-9-7-6-8-10-13/h6-11,16H,5H2,1-4H3. The molecule has 1 aromatic carbocycles. The average molecular weight is 275 g/mol. The Morgan fingerprint density at radius 1 is 1.32 bits per heavy atom. The fraction of sp³-hybridized carbons (Fsp3) is 0.400. The minimum absolute atomic E-state index is 0.362. The van der Waals surface area contributed by atoms with Crippen LogP contribution in [0.3, 0.4) is 0 Å². The average Bonchev–Trinajstić information content (AvgIpc) is 2.81. The molecular weight excluding hydrogens is 254 g/mol. The van der Waals surface area contributed by atoms with Gasteiger partial charge in [0.15, 0.2) is 5.13 Å². The number of rotatable bonds is 5. The maximum absolute atomic E-state index is 4.69. The fourth-order valence-corrected chi connectivity index (χ4v) is 3.17. The van der Waals surface area contributed by atoms with Crippen molar-refractivity contribution in [1.29, 1.82) is 0 Å². The monoisotopic (exact) mass is 275 g/mol. The van der Waals surface area contributed by atoms with E-state index in [2.05, 4.69) is 62.3 Å². The quantitative estimate of drug-likeness (QED) is 0.897. The Balaban J connectivity index is 2.25. The molecule has 0 aliphatic carbocycles. The van der Waals surface area contributed by atoms with E-state index in [0.29, 0.717) is 6.04 Å². The molecule has 19 heavy (non-hydrogen) atoms. The lowest BCUT2D eigenvalue weighted by molar-refractivity contribution is 0.603. The van der Waals surface area contributed by atoms with Gasteiger partial charge in [-0.3, -0.25) is 0 Å². The lowest BCUT2D eigenvalue weighted by Gasteiger charge is -2.15. The zero-order chi connectivity index (χ0) is 13.8. The van der Waals surface area contributed by atoms with E-state index in [-0.39, 0.29) is 0 Å². The van der Waals surface area contributed by atoms with E-state index < -0.39 is 0 Å². The maximum atomic E-state index is 4.69. The molecular formula is C15H21N3S. The first kappa shape index (κ1) is 14.0. The Bertz CT molecular complexity index is 521. The summed E-state index contributed by atoms with van der Waals surface area (Å²) < 4.78 is 0. The third-order valence-corrected chi connectivity index (χ3v) is 4.57. The van der Waals surface area contributed by atoms with Crippen LogP contribution in [0, 0.1) is 6.92 Å². The second-order valence-corrected chi connectivity index (χ2v) is 5.63. The van der Waals surface area contributed by atoms with Crippen molar-refractivity contribution in [2.24, 2.45) is 0 Å². The van der Waals surface area contributed by atoms with Crippen LogP contribution in [0.5, 0.6) is 0 Å². The molecule has 0 saturated heterocycles. The molecule has 0 amide bonds. The Hall–Kier alpha value is -1.39. The summed E-state index contributed by atoms with van der Waals surface area (Å²) in [5.74, 6) is 0. The van der Waals surface area contributed by atoms with Gasteiger partial charge < -0.3 is 10.2 Å². The number of benzene rings is 1. The van der Waals surface area contributed by atoms with Crippen molar-refractivity contribution < 1.29 is 0 Å². The van der Waals surface area contributed by atoms with E-state index in [9.17, 15) is 0 Å². The van der Waals surface area contributed by atoms with Crippen LogP contribution in [-0.2, 0) is 0 Å². The molecule has 1 N–H and O–H groups in total. The maximum Gasteiger partial charge on any atom is 0.190 e. The van der Waals surface area contributed by atoms with E-state index in [0.717, 1.165) is 17.4 Å². The Kier molecular flexibility index (Phi) is 4.56. The van der Waals surface area contributed by atoms with Crippen molar-refractivity contribution in [1.82, 2.24) is 10.3 Å². The predicted octanol–water partition coefficient (Wildman–Crippen LogP) is 3.89. The fourth-order valence-electron chi connectivity index (χ4n) is 2.10.